The van der Waals surface area contributed by atoms with Crippen LogP contribution in [0, 0.1) is 23.1 Å². The number of rotatable bonds is 2. The minimum Gasteiger partial charge on any atom is -0.207 e. The second-order valence-corrected chi connectivity index (χ2v) is 5.31. The van der Waals surface area contributed by atoms with Gasteiger partial charge in [-0.25, -0.2) is 4.39 Å². The Morgan fingerprint density at radius 3 is 2.53 bits per heavy atom. The van der Waals surface area contributed by atoms with Crippen molar-refractivity contribution in [3.63, 3.8) is 0 Å². The summed E-state index contributed by atoms with van der Waals surface area (Å²) in [5.41, 5.74) is 2.08. The molecule has 1 aliphatic carbocycles. The quantitative estimate of drug-likeness (QED) is 0.657. The van der Waals surface area contributed by atoms with Crippen molar-refractivity contribution in [2.75, 3.05) is 0 Å². The van der Waals surface area contributed by atoms with Gasteiger partial charge in [-0.15, -0.1) is 0 Å². The molecule has 0 atom stereocenters. The number of halogens is 1. The van der Waals surface area contributed by atoms with Crippen LogP contribution in [0.25, 0.3) is 0 Å². The fraction of sp³-hybridized carbons (Fsp3) is 0.500. The predicted octanol–water partition coefficient (Wildman–Crippen LogP) is 4.49. The van der Waals surface area contributed by atoms with Gasteiger partial charge in [0.25, 0.3) is 0 Å². The smallest absolute Gasteiger partial charge is 0.124 e. The first kappa shape index (κ1) is 12.2. The van der Waals surface area contributed by atoms with Crippen molar-refractivity contribution in [2.45, 2.75) is 46.0 Å². The molecular formula is C16H19F. The Labute approximate surface area is 103 Å². The molecular weight excluding hydrogens is 211 g/mol. The van der Waals surface area contributed by atoms with E-state index in [0.717, 1.165) is 17.5 Å². The van der Waals surface area contributed by atoms with Gasteiger partial charge in [0.2, 0.25) is 0 Å². The van der Waals surface area contributed by atoms with E-state index in [2.05, 4.69) is 32.6 Å². The van der Waals surface area contributed by atoms with Crippen LogP contribution in [0.3, 0.4) is 0 Å². The Morgan fingerprint density at radius 2 is 2.00 bits per heavy atom. The maximum absolute atomic E-state index is 13.4. The van der Waals surface area contributed by atoms with E-state index in [9.17, 15) is 4.39 Å². The SMILES string of the molecule is CCC1(C#Cc2cc(F)cc(C(C)C)c2)CC1. The lowest BCUT2D eigenvalue weighted by molar-refractivity contribution is 0.622. The van der Waals surface area contributed by atoms with Crippen LogP contribution in [-0.2, 0) is 0 Å². The summed E-state index contributed by atoms with van der Waals surface area (Å²) in [4.78, 5) is 0. The van der Waals surface area contributed by atoms with Crippen LogP contribution in [0.2, 0.25) is 0 Å². The fourth-order valence-electron chi connectivity index (χ4n) is 1.94. The van der Waals surface area contributed by atoms with Gasteiger partial charge in [-0.3, -0.25) is 0 Å². The van der Waals surface area contributed by atoms with Crippen LogP contribution in [0.1, 0.15) is 57.1 Å². The average molecular weight is 230 g/mol. The summed E-state index contributed by atoms with van der Waals surface area (Å²) in [6.07, 6.45) is 3.50. The molecule has 2 rings (SSSR count). The third-order valence-corrected chi connectivity index (χ3v) is 3.59. The molecule has 0 unspecified atom stereocenters. The fourth-order valence-corrected chi connectivity index (χ4v) is 1.94. The zero-order chi connectivity index (χ0) is 12.5. The zero-order valence-electron chi connectivity index (χ0n) is 10.8. The standard InChI is InChI=1S/C16H19F/c1-4-16(7-8-16)6-5-13-9-14(12(2)3)11-15(17)10-13/h9-12H,4,7-8H2,1-3H3. The van der Waals surface area contributed by atoms with Gasteiger partial charge < -0.3 is 0 Å². The molecule has 0 saturated heterocycles. The van der Waals surface area contributed by atoms with E-state index in [-0.39, 0.29) is 11.2 Å². The van der Waals surface area contributed by atoms with E-state index < -0.39 is 0 Å². The third kappa shape index (κ3) is 2.88. The van der Waals surface area contributed by atoms with Gasteiger partial charge >= 0.3 is 0 Å². The number of hydrogen-bond donors (Lipinski definition) is 0. The van der Waals surface area contributed by atoms with Gasteiger partial charge in [0.15, 0.2) is 0 Å². The van der Waals surface area contributed by atoms with Gasteiger partial charge in [-0.1, -0.05) is 32.6 Å². The molecule has 0 N–H and O–H groups in total. The lowest BCUT2D eigenvalue weighted by atomic mass is 9.99. The second kappa shape index (κ2) is 4.53. The van der Waals surface area contributed by atoms with Crippen LogP contribution in [0.15, 0.2) is 18.2 Å². The Morgan fingerprint density at radius 1 is 1.29 bits per heavy atom. The highest BCUT2D eigenvalue weighted by Crippen LogP contribution is 2.47. The lowest BCUT2D eigenvalue weighted by Gasteiger charge is -2.06. The molecule has 90 valence electrons. The molecule has 0 aromatic heterocycles. The van der Waals surface area contributed by atoms with Crippen molar-refractivity contribution in [1.82, 2.24) is 0 Å². The molecule has 0 nitrogen and oxygen atoms in total. The molecule has 1 aliphatic rings. The number of benzene rings is 1. The molecule has 0 bridgehead atoms. The highest BCUT2D eigenvalue weighted by atomic mass is 19.1. The van der Waals surface area contributed by atoms with Gasteiger partial charge in [0, 0.05) is 11.0 Å². The summed E-state index contributed by atoms with van der Waals surface area (Å²) < 4.78 is 13.4. The molecule has 0 spiro atoms. The molecule has 1 aromatic carbocycles. The van der Waals surface area contributed by atoms with E-state index in [4.69, 9.17) is 0 Å². The summed E-state index contributed by atoms with van der Waals surface area (Å²) in [6, 6.07) is 5.14. The molecule has 17 heavy (non-hydrogen) atoms. The van der Waals surface area contributed by atoms with Crippen molar-refractivity contribution in [1.29, 1.82) is 0 Å². The van der Waals surface area contributed by atoms with E-state index in [1.54, 1.807) is 6.07 Å². The highest BCUT2D eigenvalue weighted by molar-refractivity contribution is 5.40. The molecule has 0 heterocycles. The van der Waals surface area contributed by atoms with Gasteiger partial charge in [0.1, 0.15) is 5.82 Å². The summed E-state index contributed by atoms with van der Waals surface area (Å²) in [6.45, 7) is 6.31. The topological polar surface area (TPSA) is 0 Å². The van der Waals surface area contributed by atoms with Crippen LogP contribution in [-0.4, -0.2) is 0 Å². The molecule has 1 heteroatoms. The Kier molecular flexibility index (Phi) is 3.24. The molecule has 0 amide bonds. The number of hydrogen-bond acceptors (Lipinski definition) is 0. The summed E-state index contributed by atoms with van der Waals surface area (Å²) in [5.74, 6) is 6.62. The van der Waals surface area contributed by atoms with Crippen molar-refractivity contribution in [2.24, 2.45) is 5.41 Å². The zero-order valence-corrected chi connectivity index (χ0v) is 10.8. The van der Waals surface area contributed by atoms with Crippen molar-refractivity contribution < 1.29 is 4.39 Å². The van der Waals surface area contributed by atoms with E-state index in [1.165, 1.54) is 18.9 Å². The van der Waals surface area contributed by atoms with E-state index >= 15 is 0 Å². The maximum atomic E-state index is 13.4. The molecule has 0 aliphatic heterocycles. The first-order valence-corrected chi connectivity index (χ1v) is 6.38. The van der Waals surface area contributed by atoms with Crippen LogP contribution >= 0.6 is 0 Å². The molecule has 1 fully saturated rings. The minimum absolute atomic E-state index is 0.179. The normalized spacial score (nSPS) is 16.5. The predicted molar refractivity (Wildman–Crippen MR) is 69.3 cm³/mol. The molecule has 0 radical (unpaired) electrons. The van der Waals surface area contributed by atoms with Crippen molar-refractivity contribution in [3.05, 3.63) is 35.1 Å². The monoisotopic (exact) mass is 230 g/mol. The van der Waals surface area contributed by atoms with Gasteiger partial charge in [0.05, 0.1) is 0 Å². The third-order valence-electron chi connectivity index (χ3n) is 3.59. The van der Waals surface area contributed by atoms with Crippen LogP contribution in [0.5, 0.6) is 0 Å². The van der Waals surface area contributed by atoms with Gasteiger partial charge in [-0.05, 0) is 48.9 Å². The Bertz CT molecular complexity index is 470. The van der Waals surface area contributed by atoms with E-state index in [1.807, 2.05) is 6.07 Å². The Hall–Kier alpha value is -1.29. The molecule has 1 saturated carbocycles. The first-order chi connectivity index (χ1) is 8.04. The highest BCUT2D eigenvalue weighted by Gasteiger charge is 2.38. The van der Waals surface area contributed by atoms with Crippen molar-refractivity contribution in [3.8, 4) is 11.8 Å². The lowest BCUT2D eigenvalue weighted by Crippen LogP contribution is -1.94. The van der Waals surface area contributed by atoms with E-state index in [0.29, 0.717) is 5.92 Å². The minimum atomic E-state index is -0.179. The summed E-state index contributed by atoms with van der Waals surface area (Å²) >= 11 is 0. The average Bonchev–Trinajstić information content (AvgIpc) is 3.06. The summed E-state index contributed by atoms with van der Waals surface area (Å²) in [5, 5.41) is 0. The van der Waals surface area contributed by atoms with Crippen LogP contribution in [0.4, 0.5) is 4.39 Å². The Balaban J connectivity index is 2.27. The molecule has 1 aromatic rings. The van der Waals surface area contributed by atoms with Crippen LogP contribution < -0.4 is 0 Å². The van der Waals surface area contributed by atoms with Gasteiger partial charge in [-0.2, -0.15) is 0 Å². The second-order valence-electron chi connectivity index (χ2n) is 5.31. The summed E-state index contributed by atoms with van der Waals surface area (Å²) in [7, 11) is 0. The first-order valence-electron chi connectivity index (χ1n) is 6.38. The van der Waals surface area contributed by atoms with Crippen molar-refractivity contribution >= 4 is 0 Å². The largest absolute Gasteiger partial charge is 0.207 e. The maximum Gasteiger partial charge on any atom is 0.124 e.